The quantitative estimate of drug-likeness (QED) is 0.639. The molecule has 0 atom stereocenters. The molecule has 0 radical (unpaired) electrons. The first-order valence-corrected chi connectivity index (χ1v) is 8.55. The van der Waals surface area contributed by atoms with Crippen LogP contribution in [0.2, 0.25) is 0 Å². The summed E-state index contributed by atoms with van der Waals surface area (Å²) in [7, 11) is 0. The molecule has 3 rings (SSSR count). The Balaban J connectivity index is 1.49. The van der Waals surface area contributed by atoms with E-state index in [-0.39, 0.29) is 24.4 Å². The van der Waals surface area contributed by atoms with Crippen molar-refractivity contribution in [2.75, 3.05) is 11.9 Å². The van der Waals surface area contributed by atoms with Gasteiger partial charge in [0.25, 0.3) is 5.91 Å². The van der Waals surface area contributed by atoms with Crippen LogP contribution >= 0.6 is 0 Å². The number of nitrogens with one attached hydrogen (secondary N) is 2. The van der Waals surface area contributed by atoms with Gasteiger partial charge in [-0.25, -0.2) is 8.78 Å². The third-order valence-corrected chi connectivity index (χ3v) is 4.11. The number of halogens is 2. The number of hydrogen-bond donors (Lipinski definition) is 2. The van der Waals surface area contributed by atoms with Crippen molar-refractivity contribution in [1.82, 2.24) is 5.32 Å². The van der Waals surface area contributed by atoms with Gasteiger partial charge in [-0.15, -0.1) is 0 Å². The summed E-state index contributed by atoms with van der Waals surface area (Å²) in [6.45, 7) is 0.207. The van der Waals surface area contributed by atoms with Crippen LogP contribution in [-0.4, -0.2) is 18.4 Å². The maximum absolute atomic E-state index is 13.5. The highest BCUT2D eigenvalue weighted by atomic mass is 19.1. The summed E-state index contributed by atoms with van der Waals surface area (Å²) in [4.78, 5) is 24.0. The fraction of sp³-hybridized carbons (Fsp3) is 0.143. The number of carbonyl (C=O) groups is 2. The fourth-order valence-electron chi connectivity index (χ4n) is 2.77. The Morgan fingerprint density at radius 3 is 2.52 bits per heavy atom. The van der Waals surface area contributed by atoms with Gasteiger partial charge in [-0.3, -0.25) is 9.59 Å². The van der Waals surface area contributed by atoms with E-state index in [0.717, 1.165) is 28.6 Å². The lowest BCUT2D eigenvalue weighted by Gasteiger charge is -2.09. The summed E-state index contributed by atoms with van der Waals surface area (Å²) in [6.07, 6.45) is 0.598. The van der Waals surface area contributed by atoms with Crippen LogP contribution in [0.25, 0.3) is 10.8 Å². The van der Waals surface area contributed by atoms with Crippen LogP contribution in [0, 0.1) is 11.6 Å². The van der Waals surface area contributed by atoms with Crippen molar-refractivity contribution in [3.05, 3.63) is 77.9 Å². The van der Waals surface area contributed by atoms with E-state index in [4.69, 9.17) is 0 Å². The Morgan fingerprint density at radius 2 is 1.70 bits per heavy atom. The minimum Gasteiger partial charge on any atom is -0.352 e. The average molecular weight is 368 g/mol. The van der Waals surface area contributed by atoms with Crippen LogP contribution in [0.1, 0.15) is 23.2 Å². The highest BCUT2D eigenvalue weighted by molar-refractivity contribution is 6.02. The number of amides is 2. The van der Waals surface area contributed by atoms with Crippen molar-refractivity contribution in [3.8, 4) is 0 Å². The van der Waals surface area contributed by atoms with Gasteiger partial charge in [-0.05, 0) is 30.0 Å². The molecule has 0 aromatic heterocycles. The number of hydrogen-bond acceptors (Lipinski definition) is 2. The maximum Gasteiger partial charge on any atom is 0.254 e. The monoisotopic (exact) mass is 368 g/mol. The zero-order valence-corrected chi connectivity index (χ0v) is 14.5. The largest absolute Gasteiger partial charge is 0.352 e. The van der Waals surface area contributed by atoms with E-state index in [1.54, 1.807) is 0 Å². The van der Waals surface area contributed by atoms with Gasteiger partial charge in [0.2, 0.25) is 5.91 Å². The van der Waals surface area contributed by atoms with Crippen LogP contribution in [0.4, 0.5) is 14.5 Å². The van der Waals surface area contributed by atoms with Crippen LogP contribution in [0.3, 0.4) is 0 Å². The minimum absolute atomic E-state index is 0.173. The predicted molar refractivity (Wildman–Crippen MR) is 101 cm³/mol. The van der Waals surface area contributed by atoms with E-state index in [9.17, 15) is 18.4 Å². The lowest BCUT2D eigenvalue weighted by molar-refractivity contribution is -0.116. The zero-order valence-electron chi connectivity index (χ0n) is 14.5. The molecule has 138 valence electrons. The molecule has 0 bridgehead atoms. The van der Waals surface area contributed by atoms with Crippen molar-refractivity contribution in [2.24, 2.45) is 0 Å². The van der Waals surface area contributed by atoms with Crippen LogP contribution < -0.4 is 10.6 Å². The number of rotatable bonds is 6. The second-order valence-electron chi connectivity index (χ2n) is 6.06. The van der Waals surface area contributed by atoms with Crippen molar-refractivity contribution in [1.29, 1.82) is 0 Å². The molecule has 3 aromatic rings. The molecule has 6 heteroatoms. The first kappa shape index (κ1) is 18.5. The predicted octanol–water partition coefficient (Wildman–Crippen LogP) is 4.27. The summed E-state index contributed by atoms with van der Waals surface area (Å²) < 4.78 is 26.4. The van der Waals surface area contributed by atoms with E-state index in [0.29, 0.717) is 12.5 Å². The normalized spacial score (nSPS) is 10.6. The Bertz CT molecular complexity index is 984. The number of anilines is 1. The Morgan fingerprint density at radius 1 is 0.926 bits per heavy atom. The average Bonchev–Trinajstić information content (AvgIpc) is 2.65. The Kier molecular flexibility index (Phi) is 5.76. The molecule has 0 spiro atoms. The third kappa shape index (κ3) is 4.67. The van der Waals surface area contributed by atoms with Crippen molar-refractivity contribution in [3.63, 3.8) is 0 Å². The molecular weight excluding hydrogens is 350 g/mol. The summed E-state index contributed by atoms with van der Waals surface area (Å²) in [5, 5.41) is 7.38. The molecular formula is C21H18F2N2O2. The molecule has 0 aliphatic carbocycles. The summed E-state index contributed by atoms with van der Waals surface area (Å²) in [5.41, 5.74) is 0.507. The molecule has 0 aliphatic heterocycles. The number of carbonyl (C=O) groups excluding carboxylic acids is 2. The highest BCUT2D eigenvalue weighted by Gasteiger charge is 2.12. The molecule has 3 aromatic carbocycles. The summed E-state index contributed by atoms with van der Waals surface area (Å²) in [5.74, 6) is -2.47. The number of benzene rings is 3. The summed E-state index contributed by atoms with van der Waals surface area (Å²) in [6, 6.07) is 16.2. The van der Waals surface area contributed by atoms with E-state index in [1.807, 2.05) is 42.5 Å². The van der Waals surface area contributed by atoms with E-state index in [1.165, 1.54) is 0 Å². The molecule has 0 fully saturated rings. The van der Waals surface area contributed by atoms with Gasteiger partial charge in [0.05, 0.1) is 5.56 Å². The first-order valence-electron chi connectivity index (χ1n) is 8.55. The van der Waals surface area contributed by atoms with Crippen molar-refractivity contribution >= 4 is 28.3 Å². The Hall–Kier alpha value is -3.28. The molecule has 27 heavy (non-hydrogen) atoms. The lowest BCUT2D eigenvalue weighted by atomic mass is 10.1. The van der Waals surface area contributed by atoms with Crippen molar-refractivity contribution in [2.45, 2.75) is 12.8 Å². The van der Waals surface area contributed by atoms with Crippen molar-refractivity contribution < 1.29 is 18.4 Å². The summed E-state index contributed by atoms with van der Waals surface area (Å²) >= 11 is 0. The smallest absolute Gasteiger partial charge is 0.254 e. The highest BCUT2D eigenvalue weighted by Crippen LogP contribution is 2.23. The topological polar surface area (TPSA) is 58.2 Å². The standard InChI is InChI=1S/C21H18F2N2O2/c22-15-10-11-17(18(23)13-15)21(27)24-12-4-9-20(26)25-19-8-3-6-14-5-1-2-7-16(14)19/h1-3,5-8,10-11,13H,4,9,12H2,(H,24,27)(H,25,26). The molecule has 0 heterocycles. The first-order chi connectivity index (χ1) is 13.0. The minimum atomic E-state index is -0.916. The van der Waals surface area contributed by atoms with Gasteiger partial charge >= 0.3 is 0 Å². The second-order valence-corrected chi connectivity index (χ2v) is 6.06. The number of fused-ring (bicyclic) bond motifs is 1. The van der Waals surface area contributed by atoms with Gasteiger partial charge in [-0.1, -0.05) is 36.4 Å². The molecule has 0 aliphatic rings. The maximum atomic E-state index is 13.5. The molecule has 4 nitrogen and oxygen atoms in total. The Labute approximate surface area is 155 Å². The van der Waals surface area contributed by atoms with E-state index in [2.05, 4.69) is 10.6 Å². The van der Waals surface area contributed by atoms with Gasteiger partial charge < -0.3 is 10.6 Å². The second kappa shape index (κ2) is 8.40. The van der Waals surface area contributed by atoms with Gasteiger partial charge in [0.1, 0.15) is 11.6 Å². The van der Waals surface area contributed by atoms with Gasteiger partial charge in [0, 0.05) is 30.1 Å². The molecule has 0 saturated carbocycles. The van der Waals surface area contributed by atoms with Crippen LogP contribution in [0.15, 0.2) is 60.7 Å². The molecule has 2 N–H and O–H groups in total. The van der Waals surface area contributed by atoms with E-state index >= 15 is 0 Å². The fourth-order valence-corrected chi connectivity index (χ4v) is 2.77. The van der Waals surface area contributed by atoms with Crippen LogP contribution in [-0.2, 0) is 4.79 Å². The SMILES string of the molecule is O=C(CCCNC(=O)c1ccc(F)cc1F)Nc1cccc2ccccc12. The molecule has 0 unspecified atom stereocenters. The third-order valence-electron chi connectivity index (χ3n) is 4.11. The van der Waals surface area contributed by atoms with Gasteiger partial charge in [-0.2, -0.15) is 0 Å². The molecule has 2 amide bonds. The molecule has 0 saturated heterocycles. The van der Waals surface area contributed by atoms with Crippen LogP contribution in [0.5, 0.6) is 0 Å². The lowest BCUT2D eigenvalue weighted by Crippen LogP contribution is -2.26. The van der Waals surface area contributed by atoms with Gasteiger partial charge in [0.15, 0.2) is 0 Å². The van der Waals surface area contributed by atoms with E-state index < -0.39 is 17.5 Å². The zero-order chi connectivity index (χ0) is 19.2.